The second-order valence-corrected chi connectivity index (χ2v) is 4.99. The topological polar surface area (TPSA) is 64.3 Å². The van der Waals surface area contributed by atoms with Crippen LogP contribution in [-0.2, 0) is 0 Å². The van der Waals surface area contributed by atoms with Gasteiger partial charge in [0.25, 0.3) is 5.91 Å². The first-order valence-corrected chi connectivity index (χ1v) is 6.82. The van der Waals surface area contributed by atoms with Crippen molar-refractivity contribution in [2.75, 3.05) is 12.8 Å². The van der Waals surface area contributed by atoms with Crippen LogP contribution in [0.25, 0.3) is 0 Å². The van der Waals surface area contributed by atoms with Crippen LogP contribution < -0.4 is 15.8 Å². The second-order valence-electron chi connectivity index (χ2n) is 4.21. The average molecular weight is 276 g/mol. The summed E-state index contributed by atoms with van der Waals surface area (Å²) in [5.74, 6) is 0.426. The zero-order chi connectivity index (χ0) is 13.8. The normalized spacial score (nSPS) is 11.9. The van der Waals surface area contributed by atoms with Gasteiger partial charge in [0.15, 0.2) is 0 Å². The number of thiophene rings is 1. The molecule has 0 aliphatic heterocycles. The van der Waals surface area contributed by atoms with Crippen molar-refractivity contribution in [3.8, 4) is 5.75 Å². The van der Waals surface area contributed by atoms with Crippen molar-refractivity contribution < 1.29 is 9.53 Å². The molecule has 0 aliphatic rings. The first kappa shape index (κ1) is 13.4. The van der Waals surface area contributed by atoms with Gasteiger partial charge in [0.1, 0.15) is 5.75 Å². The Bertz CT molecular complexity index is 567. The monoisotopic (exact) mass is 276 g/mol. The molecule has 5 heteroatoms. The third-order valence-electron chi connectivity index (χ3n) is 2.88. The molecule has 19 heavy (non-hydrogen) atoms. The fraction of sp³-hybridized carbons (Fsp3) is 0.214. The van der Waals surface area contributed by atoms with Crippen molar-refractivity contribution in [3.05, 3.63) is 46.2 Å². The van der Waals surface area contributed by atoms with Gasteiger partial charge in [-0.25, -0.2) is 0 Å². The van der Waals surface area contributed by atoms with Gasteiger partial charge in [-0.15, -0.1) is 0 Å². The van der Waals surface area contributed by atoms with Gasteiger partial charge in [0, 0.05) is 5.56 Å². The summed E-state index contributed by atoms with van der Waals surface area (Å²) in [6.07, 6.45) is 0. The second kappa shape index (κ2) is 5.75. The van der Waals surface area contributed by atoms with E-state index >= 15 is 0 Å². The van der Waals surface area contributed by atoms with Crippen molar-refractivity contribution in [2.45, 2.75) is 13.0 Å². The Morgan fingerprint density at radius 1 is 1.42 bits per heavy atom. The van der Waals surface area contributed by atoms with Crippen LogP contribution in [0.15, 0.2) is 35.0 Å². The van der Waals surface area contributed by atoms with Crippen LogP contribution in [0.2, 0.25) is 0 Å². The van der Waals surface area contributed by atoms with Gasteiger partial charge < -0.3 is 15.8 Å². The molecule has 0 aliphatic carbocycles. The van der Waals surface area contributed by atoms with Crippen molar-refractivity contribution in [1.82, 2.24) is 5.32 Å². The molecule has 0 spiro atoms. The standard InChI is InChI=1S/C14H16N2O2S/c1-9(11-5-6-19-8-11)16-14(17)10-3-4-13(18-2)12(15)7-10/h3-9H,15H2,1-2H3,(H,16,17). The van der Waals surface area contributed by atoms with Crippen LogP contribution in [0.3, 0.4) is 0 Å². The van der Waals surface area contributed by atoms with Gasteiger partial charge in [-0.3, -0.25) is 4.79 Å². The zero-order valence-corrected chi connectivity index (χ0v) is 11.7. The minimum absolute atomic E-state index is 0.0259. The van der Waals surface area contributed by atoms with E-state index in [2.05, 4.69) is 5.32 Å². The molecule has 1 atom stereocenters. The molecular formula is C14H16N2O2S. The van der Waals surface area contributed by atoms with Crippen molar-refractivity contribution in [3.63, 3.8) is 0 Å². The smallest absolute Gasteiger partial charge is 0.251 e. The van der Waals surface area contributed by atoms with E-state index < -0.39 is 0 Å². The number of anilines is 1. The number of benzene rings is 1. The summed E-state index contributed by atoms with van der Waals surface area (Å²) in [7, 11) is 1.55. The number of ether oxygens (including phenoxy) is 1. The molecule has 0 fully saturated rings. The molecule has 0 radical (unpaired) electrons. The van der Waals surface area contributed by atoms with Crippen LogP contribution in [-0.4, -0.2) is 13.0 Å². The highest BCUT2D eigenvalue weighted by molar-refractivity contribution is 7.07. The highest BCUT2D eigenvalue weighted by Crippen LogP contribution is 2.22. The lowest BCUT2D eigenvalue weighted by molar-refractivity contribution is 0.0940. The number of methoxy groups -OCH3 is 1. The lowest BCUT2D eigenvalue weighted by atomic mass is 10.1. The van der Waals surface area contributed by atoms with Crippen LogP contribution in [0.1, 0.15) is 28.9 Å². The summed E-state index contributed by atoms with van der Waals surface area (Å²) in [5, 5.41) is 6.95. The number of amides is 1. The Hall–Kier alpha value is -2.01. The Kier molecular flexibility index (Phi) is 4.06. The van der Waals surface area contributed by atoms with Gasteiger partial charge in [-0.1, -0.05) is 0 Å². The maximum atomic E-state index is 12.1. The number of nitrogens with one attached hydrogen (secondary N) is 1. The lowest BCUT2D eigenvalue weighted by Gasteiger charge is -2.13. The molecule has 1 aromatic carbocycles. The molecule has 2 rings (SSSR count). The lowest BCUT2D eigenvalue weighted by Crippen LogP contribution is -2.26. The zero-order valence-electron chi connectivity index (χ0n) is 10.8. The number of nitrogens with two attached hydrogens (primary N) is 1. The molecular weight excluding hydrogens is 260 g/mol. The summed E-state index contributed by atoms with van der Waals surface area (Å²) in [4.78, 5) is 12.1. The maximum absolute atomic E-state index is 12.1. The summed E-state index contributed by atoms with van der Waals surface area (Å²) in [5.41, 5.74) is 7.87. The number of carbonyl (C=O) groups is 1. The number of carbonyl (C=O) groups excluding carboxylic acids is 1. The third-order valence-corrected chi connectivity index (χ3v) is 3.58. The van der Waals surface area contributed by atoms with Gasteiger partial charge in [-0.05, 0) is 47.5 Å². The first-order chi connectivity index (χ1) is 9.11. The van der Waals surface area contributed by atoms with Gasteiger partial charge in [0.05, 0.1) is 18.8 Å². The molecule has 0 saturated carbocycles. The molecule has 0 saturated heterocycles. The Balaban J connectivity index is 2.10. The minimum atomic E-state index is -0.145. The molecule has 4 nitrogen and oxygen atoms in total. The van der Waals surface area contributed by atoms with Gasteiger partial charge in [-0.2, -0.15) is 11.3 Å². The predicted molar refractivity (Wildman–Crippen MR) is 77.6 cm³/mol. The van der Waals surface area contributed by atoms with Crippen LogP contribution in [0, 0.1) is 0 Å². The van der Waals surface area contributed by atoms with Gasteiger partial charge >= 0.3 is 0 Å². The summed E-state index contributed by atoms with van der Waals surface area (Å²) < 4.78 is 5.06. The largest absolute Gasteiger partial charge is 0.495 e. The molecule has 1 amide bonds. The van der Waals surface area contributed by atoms with E-state index in [1.165, 1.54) is 0 Å². The van der Waals surface area contributed by atoms with Crippen LogP contribution in [0.4, 0.5) is 5.69 Å². The van der Waals surface area contributed by atoms with E-state index in [4.69, 9.17) is 10.5 Å². The van der Waals surface area contributed by atoms with E-state index in [0.29, 0.717) is 17.0 Å². The summed E-state index contributed by atoms with van der Waals surface area (Å²) in [6.45, 7) is 1.95. The van der Waals surface area contributed by atoms with Crippen molar-refractivity contribution in [2.24, 2.45) is 0 Å². The molecule has 1 heterocycles. The molecule has 1 unspecified atom stereocenters. The molecule has 1 aromatic heterocycles. The highest BCUT2D eigenvalue weighted by Gasteiger charge is 2.13. The van der Waals surface area contributed by atoms with Gasteiger partial charge in [0.2, 0.25) is 0 Å². The van der Waals surface area contributed by atoms with Crippen LogP contribution >= 0.6 is 11.3 Å². The summed E-state index contributed by atoms with van der Waals surface area (Å²) >= 11 is 1.61. The van der Waals surface area contributed by atoms with E-state index in [-0.39, 0.29) is 11.9 Å². The van der Waals surface area contributed by atoms with Crippen molar-refractivity contribution in [1.29, 1.82) is 0 Å². The number of rotatable bonds is 4. The quantitative estimate of drug-likeness (QED) is 0.844. The Labute approximate surface area is 116 Å². The van der Waals surface area contributed by atoms with E-state index in [9.17, 15) is 4.79 Å². The average Bonchev–Trinajstić information content (AvgIpc) is 2.92. The molecule has 2 aromatic rings. The fourth-order valence-electron chi connectivity index (χ4n) is 1.76. The molecule has 100 valence electrons. The Morgan fingerprint density at radius 2 is 2.21 bits per heavy atom. The van der Waals surface area contributed by atoms with Crippen molar-refractivity contribution >= 4 is 22.9 Å². The number of nitrogen functional groups attached to an aromatic ring is 1. The number of hydrogen-bond acceptors (Lipinski definition) is 4. The third kappa shape index (κ3) is 3.06. The fourth-order valence-corrected chi connectivity index (χ4v) is 2.51. The SMILES string of the molecule is COc1ccc(C(=O)NC(C)c2ccsc2)cc1N. The summed E-state index contributed by atoms with van der Waals surface area (Å²) in [6, 6.07) is 6.98. The van der Waals surface area contributed by atoms with E-state index in [0.717, 1.165) is 5.56 Å². The van der Waals surface area contributed by atoms with E-state index in [1.54, 1.807) is 36.6 Å². The maximum Gasteiger partial charge on any atom is 0.251 e. The molecule has 0 bridgehead atoms. The molecule has 3 N–H and O–H groups in total. The number of hydrogen-bond donors (Lipinski definition) is 2. The first-order valence-electron chi connectivity index (χ1n) is 5.88. The predicted octanol–water partition coefficient (Wildman–Crippen LogP) is 2.83. The van der Waals surface area contributed by atoms with E-state index in [1.807, 2.05) is 23.8 Å². The Morgan fingerprint density at radius 3 is 2.79 bits per heavy atom. The highest BCUT2D eigenvalue weighted by atomic mass is 32.1. The van der Waals surface area contributed by atoms with Crippen LogP contribution in [0.5, 0.6) is 5.75 Å². The minimum Gasteiger partial charge on any atom is -0.495 e.